The Morgan fingerprint density at radius 2 is 1.62 bits per heavy atom. The molecule has 2 aromatic carbocycles. The zero-order valence-corrected chi connectivity index (χ0v) is 14.9. The van der Waals surface area contributed by atoms with E-state index in [1.54, 1.807) is 6.92 Å². The summed E-state index contributed by atoms with van der Waals surface area (Å²) in [5.41, 5.74) is 4.76. The van der Waals surface area contributed by atoms with E-state index < -0.39 is 12.1 Å². The molecule has 1 unspecified atom stereocenters. The van der Waals surface area contributed by atoms with E-state index in [1.807, 2.05) is 24.3 Å². The van der Waals surface area contributed by atoms with Gasteiger partial charge in [-0.05, 0) is 42.0 Å². The van der Waals surface area contributed by atoms with Gasteiger partial charge in [-0.25, -0.2) is 4.79 Å². The first kappa shape index (κ1) is 16.8. The highest BCUT2D eigenvalue weighted by molar-refractivity contribution is 5.89. The van der Waals surface area contributed by atoms with Crippen molar-refractivity contribution in [3.63, 3.8) is 0 Å². The third-order valence-electron chi connectivity index (χ3n) is 5.61. The summed E-state index contributed by atoms with van der Waals surface area (Å²) >= 11 is 0. The van der Waals surface area contributed by atoms with Gasteiger partial charge in [-0.15, -0.1) is 0 Å². The van der Waals surface area contributed by atoms with E-state index in [1.165, 1.54) is 22.3 Å². The zero-order valence-electron chi connectivity index (χ0n) is 14.9. The van der Waals surface area contributed by atoms with Crippen LogP contribution in [0.5, 0.6) is 0 Å². The Balaban J connectivity index is 1.41. The number of fused-ring (bicyclic) bond motifs is 3. The topological polar surface area (TPSA) is 55.4 Å². The number of hydrogen-bond acceptors (Lipinski definition) is 3. The fraction of sp³-hybridized carbons (Fsp3) is 0.364. The monoisotopic (exact) mass is 349 g/mol. The maximum atomic E-state index is 12.2. The Bertz CT molecular complexity index is 795. The Morgan fingerprint density at radius 3 is 2.15 bits per heavy atom. The molecule has 4 heteroatoms. The lowest BCUT2D eigenvalue weighted by Gasteiger charge is -2.27. The number of benzene rings is 2. The van der Waals surface area contributed by atoms with Crippen molar-refractivity contribution in [2.24, 2.45) is 5.92 Å². The molecule has 2 aliphatic carbocycles. The molecular formula is C22H23NO3. The molecule has 1 atom stereocenters. The highest BCUT2D eigenvalue weighted by Crippen LogP contribution is 2.44. The predicted octanol–water partition coefficient (Wildman–Crippen LogP) is 4.28. The number of nitrogens with one attached hydrogen (secondary N) is 1. The summed E-state index contributed by atoms with van der Waals surface area (Å²) in [7, 11) is 0. The normalized spacial score (nSPS) is 17.0. The van der Waals surface area contributed by atoms with Crippen LogP contribution < -0.4 is 5.32 Å². The minimum atomic E-state index is -0.521. The average molecular weight is 349 g/mol. The van der Waals surface area contributed by atoms with Crippen LogP contribution in [-0.4, -0.2) is 24.5 Å². The molecule has 1 amide bonds. The van der Waals surface area contributed by atoms with Crippen LogP contribution in [0.4, 0.5) is 4.79 Å². The van der Waals surface area contributed by atoms with Crippen LogP contribution in [0.25, 0.3) is 11.1 Å². The summed E-state index contributed by atoms with van der Waals surface area (Å²) in [6, 6.07) is 16.0. The third-order valence-corrected chi connectivity index (χ3v) is 5.61. The third kappa shape index (κ3) is 3.00. The van der Waals surface area contributed by atoms with Gasteiger partial charge in [-0.3, -0.25) is 4.79 Å². The molecule has 4 rings (SSSR count). The molecule has 0 saturated heterocycles. The number of amides is 1. The number of carbonyl (C=O) groups is 2. The van der Waals surface area contributed by atoms with Gasteiger partial charge in [0.05, 0.1) is 6.04 Å². The van der Waals surface area contributed by atoms with Crippen LogP contribution >= 0.6 is 0 Å². The zero-order chi connectivity index (χ0) is 18.1. The molecule has 1 N–H and O–H groups in total. The summed E-state index contributed by atoms with van der Waals surface area (Å²) in [4.78, 5) is 24.4. The molecule has 26 heavy (non-hydrogen) atoms. The quantitative estimate of drug-likeness (QED) is 0.876. The summed E-state index contributed by atoms with van der Waals surface area (Å²) in [6.45, 7) is 2.01. The Labute approximate surface area is 153 Å². The molecular weight excluding hydrogens is 326 g/mol. The van der Waals surface area contributed by atoms with Crippen LogP contribution in [0.1, 0.15) is 43.2 Å². The Morgan fingerprint density at radius 1 is 1.04 bits per heavy atom. The van der Waals surface area contributed by atoms with Crippen molar-refractivity contribution in [3.8, 4) is 11.1 Å². The summed E-state index contributed by atoms with van der Waals surface area (Å²) in [6.07, 6.45) is 2.46. The summed E-state index contributed by atoms with van der Waals surface area (Å²) in [5.74, 6) is 0.259. The number of hydrogen-bond donors (Lipinski definition) is 1. The smallest absolute Gasteiger partial charge is 0.407 e. The molecule has 0 bridgehead atoms. The van der Waals surface area contributed by atoms with Gasteiger partial charge in [0.25, 0.3) is 0 Å². The highest BCUT2D eigenvalue weighted by Gasteiger charge is 2.31. The van der Waals surface area contributed by atoms with Crippen molar-refractivity contribution >= 4 is 11.9 Å². The first-order valence-electron chi connectivity index (χ1n) is 9.30. The number of ketones is 1. The molecule has 1 saturated carbocycles. The maximum absolute atomic E-state index is 12.2. The van der Waals surface area contributed by atoms with Crippen LogP contribution in [0.15, 0.2) is 48.5 Å². The van der Waals surface area contributed by atoms with Crippen LogP contribution in [0.3, 0.4) is 0 Å². The van der Waals surface area contributed by atoms with Gasteiger partial charge in [-0.2, -0.15) is 0 Å². The van der Waals surface area contributed by atoms with E-state index in [0.29, 0.717) is 0 Å². The van der Waals surface area contributed by atoms with Crippen molar-refractivity contribution in [2.75, 3.05) is 6.61 Å². The minimum Gasteiger partial charge on any atom is -0.449 e. The van der Waals surface area contributed by atoms with Gasteiger partial charge in [-0.1, -0.05) is 55.0 Å². The lowest BCUT2D eigenvalue weighted by Crippen LogP contribution is -2.43. The molecule has 2 aromatic rings. The van der Waals surface area contributed by atoms with Gasteiger partial charge in [0, 0.05) is 11.8 Å². The molecule has 134 valence electrons. The fourth-order valence-corrected chi connectivity index (χ4v) is 3.93. The van der Waals surface area contributed by atoms with Gasteiger partial charge in [0.15, 0.2) is 5.78 Å². The SMILES string of the molecule is CC(NC(=O)OCC1c2ccccc2-c2ccccc21)C(=O)C1CCC1. The van der Waals surface area contributed by atoms with Crippen molar-refractivity contribution < 1.29 is 14.3 Å². The standard InChI is InChI=1S/C22H23NO3/c1-14(21(24)15-7-6-8-15)23-22(25)26-13-20-18-11-4-2-9-16(18)17-10-3-5-12-19(17)20/h2-5,9-12,14-15,20H,6-8,13H2,1H3,(H,23,25). The largest absolute Gasteiger partial charge is 0.449 e. The number of alkyl carbamates (subject to hydrolysis) is 1. The average Bonchev–Trinajstić information content (AvgIpc) is 2.92. The van der Waals surface area contributed by atoms with Crippen molar-refractivity contribution in [1.82, 2.24) is 5.32 Å². The molecule has 0 radical (unpaired) electrons. The van der Waals surface area contributed by atoms with E-state index in [2.05, 4.69) is 29.6 Å². The van der Waals surface area contributed by atoms with Crippen LogP contribution in [0, 0.1) is 5.92 Å². The Kier molecular flexibility index (Phi) is 4.49. The fourth-order valence-electron chi connectivity index (χ4n) is 3.93. The maximum Gasteiger partial charge on any atom is 0.407 e. The van der Waals surface area contributed by atoms with Gasteiger partial charge in [0.2, 0.25) is 0 Å². The summed E-state index contributed by atoms with van der Waals surface area (Å²) < 4.78 is 5.49. The minimum absolute atomic E-state index is 0.0331. The number of rotatable bonds is 5. The van der Waals surface area contributed by atoms with E-state index in [4.69, 9.17) is 4.74 Å². The van der Waals surface area contributed by atoms with Crippen LogP contribution in [-0.2, 0) is 9.53 Å². The highest BCUT2D eigenvalue weighted by atomic mass is 16.5. The molecule has 0 aliphatic heterocycles. The van der Waals surface area contributed by atoms with Crippen molar-refractivity contribution in [2.45, 2.75) is 38.1 Å². The van der Waals surface area contributed by atoms with Gasteiger partial charge < -0.3 is 10.1 Å². The van der Waals surface area contributed by atoms with Gasteiger partial charge >= 0.3 is 6.09 Å². The van der Waals surface area contributed by atoms with Crippen molar-refractivity contribution in [1.29, 1.82) is 0 Å². The number of ether oxygens (including phenoxy) is 1. The van der Waals surface area contributed by atoms with Gasteiger partial charge in [0.1, 0.15) is 6.61 Å². The van der Waals surface area contributed by atoms with E-state index in [9.17, 15) is 9.59 Å². The number of carbonyl (C=O) groups excluding carboxylic acids is 2. The second-order valence-electron chi connectivity index (χ2n) is 7.22. The predicted molar refractivity (Wildman–Crippen MR) is 100 cm³/mol. The Hall–Kier alpha value is -2.62. The lowest BCUT2D eigenvalue weighted by molar-refractivity contribution is -0.126. The van der Waals surface area contributed by atoms with Crippen LogP contribution in [0.2, 0.25) is 0 Å². The second-order valence-corrected chi connectivity index (χ2v) is 7.22. The molecule has 0 heterocycles. The molecule has 2 aliphatic rings. The first-order valence-corrected chi connectivity index (χ1v) is 9.30. The second kappa shape index (κ2) is 6.94. The number of Topliss-reactive ketones (excluding diaryl/α,β-unsaturated/α-hetero) is 1. The van der Waals surface area contributed by atoms with E-state index in [0.717, 1.165) is 19.3 Å². The van der Waals surface area contributed by atoms with Crippen molar-refractivity contribution in [3.05, 3.63) is 59.7 Å². The first-order chi connectivity index (χ1) is 12.6. The molecule has 0 aromatic heterocycles. The summed E-state index contributed by atoms with van der Waals surface area (Å²) in [5, 5.41) is 2.69. The van der Waals surface area contributed by atoms with E-state index >= 15 is 0 Å². The van der Waals surface area contributed by atoms with E-state index in [-0.39, 0.29) is 24.2 Å². The molecule has 1 fully saturated rings. The molecule has 0 spiro atoms. The lowest BCUT2D eigenvalue weighted by atomic mass is 9.80. The molecule has 4 nitrogen and oxygen atoms in total.